The van der Waals surface area contributed by atoms with Gasteiger partial charge in [0.1, 0.15) is 0 Å². The summed E-state index contributed by atoms with van der Waals surface area (Å²) in [6.45, 7) is 5.12. The van der Waals surface area contributed by atoms with E-state index in [1.165, 1.54) is 11.1 Å². The number of carbonyl (C=O) groups excluding carboxylic acids is 1. The fraction of sp³-hybridized carbons (Fsp3) is 0.480. The van der Waals surface area contributed by atoms with Crippen LogP contribution < -0.4 is 19.5 Å². The van der Waals surface area contributed by atoms with Gasteiger partial charge in [0.25, 0.3) is 0 Å². The van der Waals surface area contributed by atoms with E-state index in [1.54, 1.807) is 21.3 Å². The molecule has 6 nitrogen and oxygen atoms in total. The van der Waals surface area contributed by atoms with Crippen LogP contribution >= 0.6 is 0 Å². The number of piperidine rings is 1. The van der Waals surface area contributed by atoms with Crippen LogP contribution in [0.15, 0.2) is 36.4 Å². The normalized spacial score (nSPS) is 14.8. The number of hydrogen-bond acceptors (Lipinski definition) is 5. The molecule has 0 bridgehead atoms. The third-order valence-electron chi connectivity index (χ3n) is 5.81. The Kier molecular flexibility index (Phi) is 8.18. The standard InChI is InChI=1S/C25H34N2O4/c1-18-6-5-7-20(14-18)17-27-12-10-21(11-13-27)26-24(28)9-8-19-15-22(29-2)25(31-4)23(16-19)30-3/h5-7,14-16,21H,8-13,17H2,1-4H3,(H,26,28). The molecule has 1 saturated heterocycles. The number of methoxy groups -OCH3 is 3. The topological polar surface area (TPSA) is 60.0 Å². The highest BCUT2D eigenvalue weighted by atomic mass is 16.5. The summed E-state index contributed by atoms with van der Waals surface area (Å²) >= 11 is 0. The van der Waals surface area contributed by atoms with Gasteiger partial charge in [-0.05, 0) is 49.4 Å². The van der Waals surface area contributed by atoms with Crippen molar-refractivity contribution in [1.82, 2.24) is 10.2 Å². The molecule has 1 N–H and O–H groups in total. The predicted molar refractivity (Wildman–Crippen MR) is 122 cm³/mol. The van der Waals surface area contributed by atoms with E-state index >= 15 is 0 Å². The van der Waals surface area contributed by atoms with E-state index in [0.29, 0.717) is 30.1 Å². The molecule has 0 spiro atoms. The molecule has 31 heavy (non-hydrogen) atoms. The van der Waals surface area contributed by atoms with Crippen molar-refractivity contribution in [2.24, 2.45) is 0 Å². The van der Waals surface area contributed by atoms with Crippen LogP contribution in [0.2, 0.25) is 0 Å². The lowest BCUT2D eigenvalue weighted by atomic mass is 10.0. The first-order valence-electron chi connectivity index (χ1n) is 10.9. The Hall–Kier alpha value is -2.73. The van der Waals surface area contributed by atoms with Crippen LogP contribution in [0, 0.1) is 6.92 Å². The zero-order chi connectivity index (χ0) is 22.2. The van der Waals surface area contributed by atoms with Crippen LogP contribution in [0.5, 0.6) is 17.2 Å². The number of likely N-dealkylation sites (tertiary alicyclic amines) is 1. The fourth-order valence-electron chi connectivity index (χ4n) is 4.14. The molecule has 1 heterocycles. The van der Waals surface area contributed by atoms with Gasteiger partial charge in [0.05, 0.1) is 21.3 Å². The molecule has 0 saturated carbocycles. The second-order valence-corrected chi connectivity index (χ2v) is 8.14. The van der Waals surface area contributed by atoms with Gasteiger partial charge in [-0.3, -0.25) is 9.69 Å². The Morgan fingerprint density at radius 2 is 1.68 bits per heavy atom. The molecule has 0 aromatic heterocycles. The average Bonchev–Trinajstić information content (AvgIpc) is 2.78. The third-order valence-corrected chi connectivity index (χ3v) is 5.81. The summed E-state index contributed by atoms with van der Waals surface area (Å²) in [5.74, 6) is 1.87. The minimum atomic E-state index is 0.0888. The number of hydrogen-bond donors (Lipinski definition) is 1. The van der Waals surface area contributed by atoms with Gasteiger partial charge < -0.3 is 19.5 Å². The van der Waals surface area contributed by atoms with Crippen LogP contribution in [0.1, 0.15) is 36.0 Å². The van der Waals surface area contributed by atoms with Crippen molar-refractivity contribution in [2.45, 2.75) is 45.2 Å². The molecule has 0 atom stereocenters. The maximum Gasteiger partial charge on any atom is 0.220 e. The number of nitrogens with zero attached hydrogens (tertiary/aromatic N) is 1. The summed E-state index contributed by atoms with van der Waals surface area (Å²) < 4.78 is 16.2. The number of rotatable bonds is 9. The van der Waals surface area contributed by atoms with Crippen molar-refractivity contribution >= 4 is 5.91 Å². The first-order chi connectivity index (χ1) is 15.0. The molecule has 3 rings (SSSR count). The van der Waals surface area contributed by atoms with E-state index in [9.17, 15) is 4.79 Å². The molecule has 1 amide bonds. The second-order valence-electron chi connectivity index (χ2n) is 8.14. The number of aryl methyl sites for hydroxylation is 2. The van der Waals surface area contributed by atoms with E-state index in [2.05, 4.69) is 41.4 Å². The van der Waals surface area contributed by atoms with E-state index in [-0.39, 0.29) is 11.9 Å². The van der Waals surface area contributed by atoms with Crippen LogP contribution in [0.4, 0.5) is 0 Å². The molecular weight excluding hydrogens is 392 g/mol. The molecule has 0 aliphatic carbocycles. The van der Waals surface area contributed by atoms with Crippen LogP contribution in [0.25, 0.3) is 0 Å². The van der Waals surface area contributed by atoms with Gasteiger partial charge in [0.15, 0.2) is 11.5 Å². The summed E-state index contributed by atoms with van der Waals surface area (Å²) in [7, 11) is 4.78. The van der Waals surface area contributed by atoms with Gasteiger partial charge in [-0.25, -0.2) is 0 Å². The largest absolute Gasteiger partial charge is 0.493 e. The molecule has 2 aromatic carbocycles. The first-order valence-corrected chi connectivity index (χ1v) is 10.9. The van der Waals surface area contributed by atoms with Crippen molar-refractivity contribution in [3.05, 3.63) is 53.1 Å². The summed E-state index contributed by atoms with van der Waals surface area (Å²) in [4.78, 5) is 15.0. The van der Waals surface area contributed by atoms with Gasteiger partial charge in [0.2, 0.25) is 11.7 Å². The van der Waals surface area contributed by atoms with Gasteiger partial charge in [-0.15, -0.1) is 0 Å². The van der Waals surface area contributed by atoms with Crippen LogP contribution in [-0.2, 0) is 17.8 Å². The zero-order valence-electron chi connectivity index (χ0n) is 19.1. The average molecular weight is 427 g/mol. The molecule has 168 valence electrons. The lowest BCUT2D eigenvalue weighted by Crippen LogP contribution is -2.44. The lowest BCUT2D eigenvalue weighted by Gasteiger charge is -2.32. The van der Waals surface area contributed by atoms with E-state index in [1.807, 2.05) is 12.1 Å². The maximum absolute atomic E-state index is 12.5. The van der Waals surface area contributed by atoms with Gasteiger partial charge in [-0.1, -0.05) is 29.8 Å². The molecule has 1 aliphatic heterocycles. The highest BCUT2D eigenvalue weighted by Gasteiger charge is 2.21. The smallest absolute Gasteiger partial charge is 0.220 e. The Labute approximate surface area is 185 Å². The number of amides is 1. The van der Waals surface area contributed by atoms with Crippen molar-refractivity contribution in [1.29, 1.82) is 0 Å². The van der Waals surface area contributed by atoms with Crippen LogP contribution in [0.3, 0.4) is 0 Å². The monoisotopic (exact) mass is 426 g/mol. The summed E-state index contributed by atoms with van der Waals surface area (Å²) in [6.07, 6.45) is 3.03. The predicted octanol–water partition coefficient (Wildman–Crippen LogP) is 3.73. The number of benzene rings is 2. The molecule has 0 unspecified atom stereocenters. The minimum absolute atomic E-state index is 0.0888. The van der Waals surface area contributed by atoms with E-state index in [0.717, 1.165) is 38.0 Å². The van der Waals surface area contributed by atoms with Gasteiger partial charge in [0, 0.05) is 32.1 Å². The van der Waals surface area contributed by atoms with Crippen molar-refractivity contribution in [2.75, 3.05) is 34.4 Å². The highest BCUT2D eigenvalue weighted by Crippen LogP contribution is 2.38. The molecule has 1 aliphatic rings. The summed E-state index contributed by atoms with van der Waals surface area (Å²) in [6, 6.07) is 12.7. The Morgan fingerprint density at radius 3 is 2.26 bits per heavy atom. The first kappa shape index (κ1) is 22.9. The summed E-state index contributed by atoms with van der Waals surface area (Å²) in [5.41, 5.74) is 3.64. The maximum atomic E-state index is 12.5. The SMILES string of the molecule is COc1cc(CCC(=O)NC2CCN(Cc3cccc(C)c3)CC2)cc(OC)c1OC. The highest BCUT2D eigenvalue weighted by molar-refractivity contribution is 5.76. The Balaban J connectivity index is 1.45. The molecule has 0 radical (unpaired) electrons. The fourth-order valence-corrected chi connectivity index (χ4v) is 4.14. The minimum Gasteiger partial charge on any atom is -0.493 e. The second kappa shape index (κ2) is 11.0. The van der Waals surface area contributed by atoms with Gasteiger partial charge in [-0.2, -0.15) is 0 Å². The lowest BCUT2D eigenvalue weighted by molar-refractivity contribution is -0.122. The van der Waals surface area contributed by atoms with Crippen LogP contribution in [-0.4, -0.2) is 51.3 Å². The number of nitrogens with one attached hydrogen (secondary N) is 1. The van der Waals surface area contributed by atoms with Crippen molar-refractivity contribution in [3.63, 3.8) is 0 Å². The number of ether oxygens (including phenoxy) is 3. The Bertz CT molecular complexity index is 851. The summed E-state index contributed by atoms with van der Waals surface area (Å²) in [5, 5.41) is 3.21. The number of carbonyl (C=O) groups is 1. The third kappa shape index (κ3) is 6.37. The Morgan fingerprint density at radius 1 is 1.00 bits per heavy atom. The van der Waals surface area contributed by atoms with Crippen molar-refractivity contribution in [3.8, 4) is 17.2 Å². The zero-order valence-corrected chi connectivity index (χ0v) is 19.1. The molecule has 6 heteroatoms. The van der Waals surface area contributed by atoms with E-state index in [4.69, 9.17) is 14.2 Å². The molecular formula is C25H34N2O4. The van der Waals surface area contributed by atoms with Gasteiger partial charge >= 0.3 is 0 Å². The van der Waals surface area contributed by atoms with Crippen molar-refractivity contribution < 1.29 is 19.0 Å². The quantitative estimate of drug-likeness (QED) is 0.662. The molecule has 2 aromatic rings. The van der Waals surface area contributed by atoms with E-state index < -0.39 is 0 Å². The molecule has 1 fully saturated rings.